The van der Waals surface area contributed by atoms with Crippen LogP contribution in [-0.2, 0) is 5.41 Å². The molecule has 0 radical (unpaired) electrons. The Balaban J connectivity index is 1.68. The fraction of sp³-hybridized carbons (Fsp3) is 0.389. The van der Waals surface area contributed by atoms with Gasteiger partial charge in [0.15, 0.2) is 0 Å². The van der Waals surface area contributed by atoms with Crippen molar-refractivity contribution < 1.29 is 4.79 Å². The first-order chi connectivity index (χ1) is 10.9. The van der Waals surface area contributed by atoms with Crippen LogP contribution in [0.3, 0.4) is 0 Å². The minimum atomic E-state index is -0.227. The van der Waals surface area contributed by atoms with E-state index in [4.69, 9.17) is 0 Å². The number of hydrogen-bond donors (Lipinski definition) is 2. The van der Waals surface area contributed by atoms with Crippen molar-refractivity contribution in [1.82, 2.24) is 9.97 Å². The number of benzene rings is 1. The number of anilines is 2. The van der Waals surface area contributed by atoms with E-state index in [1.807, 2.05) is 24.3 Å². The highest BCUT2D eigenvalue weighted by molar-refractivity contribution is 6.02. The normalized spacial score (nSPS) is 14.4. The largest absolute Gasteiger partial charge is 0.351 e. The van der Waals surface area contributed by atoms with Crippen molar-refractivity contribution in [1.29, 1.82) is 0 Å². The summed E-state index contributed by atoms with van der Waals surface area (Å²) in [5.74, 6) is 0.290. The maximum atomic E-state index is 12.3. The summed E-state index contributed by atoms with van der Waals surface area (Å²) in [7, 11) is 0. The third-order valence-corrected chi connectivity index (χ3v) is 3.81. The van der Waals surface area contributed by atoms with Gasteiger partial charge in [0.2, 0.25) is 5.95 Å². The number of rotatable bonds is 4. The summed E-state index contributed by atoms with van der Waals surface area (Å²) in [6.07, 6.45) is 3.88. The average Bonchev–Trinajstić information content (AvgIpc) is 3.31. The van der Waals surface area contributed by atoms with Crippen molar-refractivity contribution in [2.75, 3.05) is 10.6 Å². The molecule has 1 heterocycles. The Labute approximate surface area is 136 Å². The first kappa shape index (κ1) is 15.5. The molecule has 1 fully saturated rings. The Morgan fingerprint density at radius 2 is 1.83 bits per heavy atom. The van der Waals surface area contributed by atoms with Gasteiger partial charge >= 0.3 is 0 Å². The van der Waals surface area contributed by atoms with Crippen LogP contribution in [0.25, 0.3) is 0 Å². The predicted molar refractivity (Wildman–Crippen MR) is 91.8 cm³/mol. The van der Waals surface area contributed by atoms with Gasteiger partial charge in [-0.05, 0) is 42.0 Å². The highest BCUT2D eigenvalue weighted by Crippen LogP contribution is 2.24. The lowest BCUT2D eigenvalue weighted by molar-refractivity contribution is 0.102. The highest BCUT2D eigenvalue weighted by atomic mass is 16.1. The van der Waals surface area contributed by atoms with Crippen LogP contribution in [0.15, 0.2) is 36.5 Å². The Morgan fingerprint density at radius 1 is 1.13 bits per heavy atom. The van der Waals surface area contributed by atoms with Crippen LogP contribution in [0.5, 0.6) is 0 Å². The van der Waals surface area contributed by atoms with Crippen molar-refractivity contribution in [2.24, 2.45) is 0 Å². The highest BCUT2D eigenvalue weighted by Gasteiger charge is 2.22. The first-order valence-corrected chi connectivity index (χ1v) is 7.93. The number of hydrogen-bond acceptors (Lipinski definition) is 4. The van der Waals surface area contributed by atoms with Crippen LogP contribution in [0.4, 0.5) is 11.6 Å². The number of carbonyl (C=O) groups is 1. The zero-order valence-electron chi connectivity index (χ0n) is 13.8. The third-order valence-electron chi connectivity index (χ3n) is 3.81. The fourth-order valence-corrected chi connectivity index (χ4v) is 2.21. The van der Waals surface area contributed by atoms with Crippen LogP contribution >= 0.6 is 0 Å². The van der Waals surface area contributed by atoms with Crippen LogP contribution < -0.4 is 10.6 Å². The molecule has 1 aromatic heterocycles. The molecule has 5 nitrogen and oxygen atoms in total. The van der Waals surface area contributed by atoms with Crippen molar-refractivity contribution >= 4 is 17.5 Å². The number of nitrogens with zero attached hydrogens (tertiary/aromatic N) is 2. The molecule has 1 amide bonds. The molecule has 23 heavy (non-hydrogen) atoms. The van der Waals surface area contributed by atoms with Crippen molar-refractivity contribution in [3.05, 3.63) is 47.8 Å². The lowest BCUT2D eigenvalue weighted by atomic mass is 9.87. The van der Waals surface area contributed by atoms with E-state index in [9.17, 15) is 4.79 Å². The summed E-state index contributed by atoms with van der Waals surface area (Å²) in [6.45, 7) is 6.49. The molecule has 0 bridgehead atoms. The molecule has 1 saturated carbocycles. The topological polar surface area (TPSA) is 66.9 Å². The molecule has 2 N–H and O–H groups in total. The van der Waals surface area contributed by atoms with E-state index in [1.165, 1.54) is 5.56 Å². The van der Waals surface area contributed by atoms with Crippen LogP contribution in [0, 0.1) is 0 Å². The van der Waals surface area contributed by atoms with E-state index in [-0.39, 0.29) is 11.3 Å². The Hall–Kier alpha value is -2.43. The van der Waals surface area contributed by atoms with E-state index in [0.29, 0.717) is 17.7 Å². The van der Waals surface area contributed by atoms with Crippen molar-refractivity contribution in [3.63, 3.8) is 0 Å². The number of aromatic nitrogens is 2. The summed E-state index contributed by atoms with van der Waals surface area (Å²) in [4.78, 5) is 20.7. The quantitative estimate of drug-likeness (QED) is 0.905. The zero-order valence-corrected chi connectivity index (χ0v) is 13.8. The molecule has 3 rings (SSSR count). The van der Waals surface area contributed by atoms with Crippen LogP contribution in [-0.4, -0.2) is 21.9 Å². The first-order valence-electron chi connectivity index (χ1n) is 7.93. The van der Waals surface area contributed by atoms with Gasteiger partial charge in [0.25, 0.3) is 5.91 Å². The Kier molecular flexibility index (Phi) is 4.03. The SMILES string of the molecule is CC(C)(C)c1ccc(NC(=O)c2ccnc(NC3CC3)n2)cc1. The minimum Gasteiger partial charge on any atom is -0.351 e. The maximum Gasteiger partial charge on any atom is 0.274 e. The second-order valence-electron chi connectivity index (χ2n) is 6.97. The van der Waals surface area contributed by atoms with Gasteiger partial charge in [-0.1, -0.05) is 32.9 Å². The van der Waals surface area contributed by atoms with Gasteiger partial charge in [0.05, 0.1) is 0 Å². The lowest BCUT2D eigenvalue weighted by Gasteiger charge is -2.19. The molecule has 1 aliphatic rings. The zero-order chi connectivity index (χ0) is 16.4. The Morgan fingerprint density at radius 3 is 2.43 bits per heavy atom. The van der Waals surface area contributed by atoms with Gasteiger partial charge in [-0.3, -0.25) is 4.79 Å². The number of nitrogens with one attached hydrogen (secondary N) is 2. The smallest absolute Gasteiger partial charge is 0.274 e. The Bertz CT molecular complexity index is 700. The molecule has 2 aromatic rings. The van der Waals surface area contributed by atoms with Gasteiger partial charge in [-0.15, -0.1) is 0 Å². The monoisotopic (exact) mass is 310 g/mol. The summed E-state index contributed by atoms with van der Waals surface area (Å²) < 4.78 is 0. The standard InChI is InChI=1S/C18H22N4O/c1-18(2,3)12-4-6-13(7-5-12)20-16(23)15-10-11-19-17(22-15)21-14-8-9-14/h4-7,10-11,14H,8-9H2,1-3H3,(H,20,23)(H,19,21,22). The van der Waals surface area contributed by atoms with Gasteiger partial charge < -0.3 is 10.6 Å². The van der Waals surface area contributed by atoms with E-state index in [1.54, 1.807) is 12.3 Å². The average molecular weight is 310 g/mol. The van der Waals surface area contributed by atoms with Crippen LogP contribution in [0.2, 0.25) is 0 Å². The van der Waals surface area contributed by atoms with Gasteiger partial charge in [0.1, 0.15) is 5.69 Å². The minimum absolute atomic E-state index is 0.0958. The summed E-state index contributed by atoms with van der Waals surface area (Å²) >= 11 is 0. The molecule has 0 aliphatic heterocycles. The molecule has 0 atom stereocenters. The second-order valence-corrected chi connectivity index (χ2v) is 6.97. The van der Waals surface area contributed by atoms with E-state index in [0.717, 1.165) is 18.5 Å². The molecule has 0 unspecified atom stereocenters. The van der Waals surface area contributed by atoms with E-state index in [2.05, 4.69) is 41.4 Å². The van der Waals surface area contributed by atoms with Gasteiger partial charge in [0, 0.05) is 17.9 Å². The molecular weight excluding hydrogens is 288 g/mol. The number of amides is 1. The molecule has 1 aromatic carbocycles. The maximum absolute atomic E-state index is 12.3. The summed E-state index contributed by atoms with van der Waals surface area (Å²) in [5.41, 5.74) is 2.45. The summed E-state index contributed by atoms with van der Waals surface area (Å²) in [5, 5.41) is 6.07. The van der Waals surface area contributed by atoms with Gasteiger partial charge in [-0.25, -0.2) is 9.97 Å². The molecule has 0 spiro atoms. The molecular formula is C18H22N4O. The van der Waals surface area contributed by atoms with Gasteiger partial charge in [-0.2, -0.15) is 0 Å². The van der Waals surface area contributed by atoms with E-state index >= 15 is 0 Å². The lowest BCUT2D eigenvalue weighted by Crippen LogP contribution is -2.16. The number of carbonyl (C=O) groups excluding carboxylic acids is 1. The molecule has 5 heteroatoms. The van der Waals surface area contributed by atoms with Crippen molar-refractivity contribution in [3.8, 4) is 0 Å². The molecule has 1 aliphatic carbocycles. The third kappa shape index (κ3) is 4.06. The van der Waals surface area contributed by atoms with Crippen LogP contribution in [0.1, 0.15) is 49.7 Å². The molecule has 120 valence electrons. The molecule has 0 saturated heterocycles. The summed E-state index contributed by atoms with van der Waals surface area (Å²) in [6, 6.07) is 9.99. The predicted octanol–water partition coefficient (Wildman–Crippen LogP) is 3.60. The van der Waals surface area contributed by atoms with E-state index < -0.39 is 0 Å². The van der Waals surface area contributed by atoms with Crippen molar-refractivity contribution in [2.45, 2.75) is 45.1 Å². The second kappa shape index (κ2) is 5.99. The fourth-order valence-electron chi connectivity index (χ4n) is 2.21.